The van der Waals surface area contributed by atoms with Gasteiger partial charge in [0.25, 0.3) is 15.9 Å². The number of carboxylic acids is 1. The molecule has 232 valence electrons. The van der Waals surface area contributed by atoms with Crippen LogP contribution >= 0.6 is 0 Å². The molecular formula is C27H36F3N5O6S. The molecule has 15 heteroatoms. The van der Waals surface area contributed by atoms with Crippen LogP contribution in [-0.2, 0) is 26.0 Å². The molecule has 0 spiro atoms. The van der Waals surface area contributed by atoms with Crippen molar-refractivity contribution in [2.24, 2.45) is 5.92 Å². The van der Waals surface area contributed by atoms with Crippen molar-refractivity contribution in [2.75, 3.05) is 56.4 Å². The predicted octanol–water partition coefficient (Wildman–Crippen LogP) is 2.55. The molecule has 0 saturated carbocycles. The number of benzene rings is 2. The minimum absolute atomic E-state index is 0.0985. The van der Waals surface area contributed by atoms with Crippen LogP contribution in [0.2, 0.25) is 0 Å². The van der Waals surface area contributed by atoms with Gasteiger partial charge >= 0.3 is 12.1 Å². The third-order valence-electron chi connectivity index (χ3n) is 6.07. The average molecular weight is 616 g/mol. The van der Waals surface area contributed by atoms with Crippen molar-refractivity contribution in [2.45, 2.75) is 31.3 Å². The fourth-order valence-electron chi connectivity index (χ4n) is 4.00. The summed E-state index contributed by atoms with van der Waals surface area (Å²) in [7, 11) is -0.849. The van der Waals surface area contributed by atoms with Crippen molar-refractivity contribution < 1.29 is 41.1 Å². The largest absolute Gasteiger partial charge is 0.490 e. The Morgan fingerprint density at radius 2 is 1.64 bits per heavy atom. The Morgan fingerprint density at radius 3 is 2.14 bits per heavy atom. The highest BCUT2D eigenvalue weighted by Crippen LogP contribution is 2.30. The molecular weight excluding hydrogens is 579 g/mol. The van der Waals surface area contributed by atoms with Crippen molar-refractivity contribution in [1.29, 1.82) is 0 Å². The molecule has 0 unspecified atom stereocenters. The van der Waals surface area contributed by atoms with Crippen molar-refractivity contribution >= 4 is 39.2 Å². The maximum Gasteiger partial charge on any atom is 0.490 e. The minimum Gasteiger partial charge on any atom is -0.475 e. The first-order chi connectivity index (χ1) is 19.5. The maximum absolute atomic E-state index is 13.3. The van der Waals surface area contributed by atoms with E-state index in [4.69, 9.17) is 9.90 Å². The fraction of sp³-hybridized carbons (Fsp3) is 0.444. The number of sulfonamides is 1. The molecule has 42 heavy (non-hydrogen) atoms. The molecule has 1 aliphatic heterocycles. The van der Waals surface area contributed by atoms with Gasteiger partial charge in [-0.15, -0.1) is 0 Å². The predicted molar refractivity (Wildman–Crippen MR) is 152 cm³/mol. The molecule has 1 aliphatic rings. The van der Waals surface area contributed by atoms with Gasteiger partial charge in [0.15, 0.2) is 0 Å². The highest BCUT2D eigenvalue weighted by Gasteiger charge is 2.38. The Balaban J connectivity index is 0.000000782. The number of hydrogen-bond acceptors (Lipinski definition) is 7. The van der Waals surface area contributed by atoms with Gasteiger partial charge in [0.2, 0.25) is 5.91 Å². The van der Waals surface area contributed by atoms with Crippen LogP contribution in [0.1, 0.15) is 29.8 Å². The topological polar surface area (TPSA) is 148 Å². The van der Waals surface area contributed by atoms with Gasteiger partial charge in [-0.05, 0) is 48.2 Å². The standard InChI is InChI=1S/C25H35N5O4S.C2HF3O2/c1-18(2)15-19-5-8-21(9-6-19)35(33,34)28-22-16-20(25(32)29(4)17-24(31)26-3)7-10-23(22)30-13-11-27-12-14-30;3-2(4,5)1(6)7/h5-10,16,18,27-28H,11-15,17H2,1-4H3,(H,26,31);(H,6,7). The number of likely N-dealkylation sites (N-methyl/N-ethyl adjacent to an activating group) is 2. The van der Waals surface area contributed by atoms with Crippen LogP contribution in [0.5, 0.6) is 0 Å². The summed E-state index contributed by atoms with van der Waals surface area (Å²) >= 11 is 0. The van der Waals surface area contributed by atoms with Crippen LogP contribution in [0.4, 0.5) is 24.5 Å². The lowest BCUT2D eigenvalue weighted by atomic mass is 10.0. The van der Waals surface area contributed by atoms with Crippen LogP contribution in [0, 0.1) is 5.92 Å². The number of hydrogen-bond donors (Lipinski definition) is 4. The molecule has 4 N–H and O–H groups in total. The monoisotopic (exact) mass is 615 g/mol. The average Bonchev–Trinajstić information content (AvgIpc) is 2.92. The summed E-state index contributed by atoms with van der Waals surface area (Å²) in [5, 5.41) is 12.9. The first-order valence-corrected chi connectivity index (χ1v) is 14.5. The summed E-state index contributed by atoms with van der Waals surface area (Å²) in [4.78, 5) is 37.1. The van der Waals surface area contributed by atoms with E-state index in [0.29, 0.717) is 35.9 Å². The van der Waals surface area contributed by atoms with Crippen LogP contribution in [0.3, 0.4) is 0 Å². The summed E-state index contributed by atoms with van der Waals surface area (Å²) in [5.41, 5.74) is 2.40. The summed E-state index contributed by atoms with van der Waals surface area (Å²) in [5.74, 6) is -2.95. The number of nitrogens with one attached hydrogen (secondary N) is 3. The van der Waals surface area contributed by atoms with E-state index in [1.807, 2.05) is 12.1 Å². The molecule has 2 aromatic carbocycles. The number of rotatable bonds is 9. The molecule has 0 aromatic heterocycles. The van der Waals surface area contributed by atoms with Gasteiger partial charge in [0.1, 0.15) is 0 Å². The van der Waals surface area contributed by atoms with Gasteiger partial charge in [0, 0.05) is 45.8 Å². The molecule has 3 rings (SSSR count). The number of nitrogens with zero attached hydrogens (tertiary/aromatic N) is 2. The number of anilines is 2. The molecule has 1 fully saturated rings. The molecule has 0 radical (unpaired) electrons. The van der Waals surface area contributed by atoms with Crippen LogP contribution in [0.15, 0.2) is 47.4 Å². The van der Waals surface area contributed by atoms with Crippen molar-refractivity contribution in [3.8, 4) is 0 Å². The van der Waals surface area contributed by atoms with Crippen LogP contribution < -0.4 is 20.3 Å². The molecule has 2 amide bonds. The third-order valence-corrected chi connectivity index (χ3v) is 7.45. The van der Waals surface area contributed by atoms with Gasteiger partial charge in [-0.1, -0.05) is 26.0 Å². The Hall–Kier alpha value is -3.85. The Kier molecular flexibility index (Phi) is 12.2. The lowest BCUT2D eigenvalue weighted by Gasteiger charge is -2.31. The summed E-state index contributed by atoms with van der Waals surface area (Å²) < 4.78 is 61.0. The first kappa shape index (κ1) is 34.4. The quantitative estimate of drug-likeness (QED) is 0.337. The van der Waals surface area contributed by atoms with E-state index >= 15 is 0 Å². The Morgan fingerprint density at radius 1 is 1.07 bits per heavy atom. The van der Waals surface area contributed by atoms with E-state index in [2.05, 4.69) is 34.1 Å². The SMILES string of the molecule is CNC(=O)CN(C)C(=O)c1ccc(N2CCNCC2)c(NS(=O)(=O)c2ccc(CC(C)C)cc2)c1.O=C(O)C(F)(F)F. The summed E-state index contributed by atoms with van der Waals surface area (Å²) in [6.07, 6.45) is -4.21. The Bertz CT molecular complexity index is 1350. The molecule has 2 aromatic rings. The lowest BCUT2D eigenvalue weighted by Crippen LogP contribution is -2.44. The first-order valence-electron chi connectivity index (χ1n) is 13.0. The molecule has 11 nitrogen and oxygen atoms in total. The molecule has 0 atom stereocenters. The normalized spacial score (nSPS) is 13.6. The summed E-state index contributed by atoms with van der Waals surface area (Å²) in [6, 6.07) is 11.9. The molecule has 0 aliphatic carbocycles. The number of alkyl halides is 3. The van der Waals surface area contributed by atoms with E-state index < -0.39 is 22.2 Å². The van der Waals surface area contributed by atoms with E-state index in [0.717, 1.165) is 25.1 Å². The number of piperazine rings is 1. The van der Waals surface area contributed by atoms with Gasteiger partial charge in [-0.25, -0.2) is 13.2 Å². The van der Waals surface area contributed by atoms with Gasteiger partial charge < -0.3 is 25.5 Å². The van der Waals surface area contributed by atoms with Crippen molar-refractivity contribution in [1.82, 2.24) is 15.5 Å². The summed E-state index contributed by atoms with van der Waals surface area (Å²) in [6.45, 7) is 7.11. The maximum atomic E-state index is 13.3. The zero-order chi connectivity index (χ0) is 31.7. The zero-order valence-corrected chi connectivity index (χ0v) is 24.6. The Labute approximate surface area is 243 Å². The minimum atomic E-state index is -5.08. The van der Waals surface area contributed by atoms with Gasteiger partial charge in [-0.2, -0.15) is 13.2 Å². The number of carboxylic acid groups (broad SMARTS) is 1. The number of halogens is 3. The smallest absolute Gasteiger partial charge is 0.475 e. The van der Waals surface area contributed by atoms with Gasteiger partial charge in [-0.3, -0.25) is 14.3 Å². The second kappa shape index (κ2) is 14.9. The fourth-order valence-corrected chi connectivity index (χ4v) is 5.06. The number of amides is 2. The molecule has 1 saturated heterocycles. The van der Waals surface area contributed by atoms with E-state index in [9.17, 15) is 31.2 Å². The third kappa shape index (κ3) is 10.2. The van der Waals surface area contributed by atoms with E-state index in [1.54, 1.807) is 30.3 Å². The van der Waals surface area contributed by atoms with Crippen LogP contribution in [0.25, 0.3) is 0 Å². The second-order valence-electron chi connectivity index (χ2n) is 9.95. The lowest BCUT2D eigenvalue weighted by molar-refractivity contribution is -0.192. The van der Waals surface area contributed by atoms with Gasteiger partial charge in [0.05, 0.1) is 22.8 Å². The number of aliphatic carboxylic acids is 1. The number of carbonyl (C=O) groups is 3. The second-order valence-corrected chi connectivity index (χ2v) is 11.6. The molecule has 0 bridgehead atoms. The number of carbonyl (C=O) groups excluding carboxylic acids is 2. The molecule has 1 heterocycles. The van der Waals surface area contributed by atoms with E-state index in [-0.39, 0.29) is 23.3 Å². The highest BCUT2D eigenvalue weighted by molar-refractivity contribution is 7.92. The highest BCUT2D eigenvalue weighted by atomic mass is 32.2. The van der Waals surface area contributed by atoms with Crippen molar-refractivity contribution in [3.05, 3.63) is 53.6 Å². The van der Waals surface area contributed by atoms with E-state index in [1.165, 1.54) is 19.0 Å². The van der Waals surface area contributed by atoms with Crippen LogP contribution in [-0.4, -0.2) is 89.2 Å². The van der Waals surface area contributed by atoms with Crippen molar-refractivity contribution in [3.63, 3.8) is 0 Å². The zero-order valence-electron chi connectivity index (χ0n) is 23.8.